The molecule has 0 atom stereocenters. The molecule has 1 aromatic rings. The Bertz CT molecular complexity index is 337. The third kappa shape index (κ3) is 2.74. The number of nitrogens with zero attached hydrogens (tertiary/aromatic N) is 1. The number of hydrogen-bond acceptors (Lipinski definition) is 2. The fraction of sp³-hybridized carbons (Fsp3) is 0.455. The zero-order valence-electron chi connectivity index (χ0n) is 8.38. The van der Waals surface area contributed by atoms with Crippen molar-refractivity contribution in [3.63, 3.8) is 0 Å². The Labute approximate surface area is 105 Å². The van der Waals surface area contributed by atoms with E-state index in [1.165, 1.54) is 11.5 Å². The zero-order chi connectivity index (χ0) is 10.7. The molecule has 0 aliphatic carbocycles. The third-order valence-electron chi connectivity index (χ3n) is 2.52. The molecule has 1 aliphatic heterocycles. The van der Waals surface area contributed by atoms with E-state index >= 15 is 0 Å². The van der Waals surface area contributed by atoms with Crippen LogP contribution in [0.25, 0.3) is 0 Å². The van der Waals surface area contributed by atoms with Gasteiger partial charge in [0, 0.05) is 30.5 Å². The first-order valence-electron chi connectivity index (χ1n) is 4.98. The van der Waals surface area contributed by atoms with Crippen LogP contribution in [0.2, 0.25) is 5.02 Å². The van der Waals surface area contributed by atoms with Crippen LogP contribution >= 0.6 is 35.0 Å². The molecule has 0 radical (unpaired) electrons. The average Bonchev–Trinajstić information content (AvgIpc) is 2.30. The van der Waals surface area contributed by atoms with Crippen LogP contribution in [0.1, 0.15) is 5.56 Å². The number of hydrogen-bond donors (Lipinski definition) is 0. The number of alkyl halides is 1. The van der Waals surface area contributed by atoms with Crippen LogP contribution in [0, 0.1) is 0 Å². The van der Waals surface area contributed by atoms with Crippen molar-refractivity contribution in [2.75, 3.05) is 29.5 Å². The van der Waals surface area contributed by atoms with Crippen molar-refractivity contribution < 1.29 is 0 Å². The summed E-state index contributed by atoms with van der Waals surface area (Å²) in [6, 6.07) is 6.09. The molecular weight excluding hydrogens is 249 g/mol. The highest BCUT2D eigenvalue weighted by atomic mass is 35.5. The van der Waals surface area contributed by atoms with E-state index in [9.17, 15) is 0 Å². The minimum atomic E-state index is 0.524. The molecule has 1 fully saturated rings. The van der Waals surface area contributed by atoms with E-state index < -0.39 is 0 Å². The molecule has 0 spiro atoms. The number of rotatable bonds is 2. The summed E-state index contributed by atoms with van der Waals surface area (Å²) in [5, 5.41) is 0.819. The summed E-state index contributed by atoms with van der Waals surface area (Å²) in [4.78, 5) is 2.34. The van der Waals surface area contributed by atoms with Gasteiger partial charge in [-0.3, -0.25) is 0 Å². The average molecular weight is 262 g/mol. The second-order valence-corrected chi connectivity index (χ2v) is 5.42. The van der Waals surface area contributed by atoms with Crippen LogP contribution in [0.5, 0.6) is 0 Å². The maximum Gasteiger partial charge on any atom is 0.0642 e. The van der Waals surface area contributed by atoms with Gasteiger partial charge in [-0.1, -0.05) is 17.7 Å². The summed E-state index contributed by atoms with van der Waals surface area (Å²) < 4.78 is 0. The van der Waals surface area contributed by atoms with Gasteiger partial charge in [-0.25, -0.2) is 0 Å². The van der Waals surface area contributed by atoms with E-state index in [2.05, 4.69) is 17.0 Å². The van der Waals surface area contributed by atoms with Crippen LogP contribution in [-0.2, 0) is 5.88 Å². The smallest absolute Gasteiger partial charge is 0.0642 e. The number of benzene rings is 1. The molecule has 4 heteroatoms. The first-order chi connectivity index (χ1) is 7.31. The van der Waals surface area contributed by atoms with Gasteiger partial charge in [0.05, 0.1) is 10.7 Å². The summed E-state index contributed by atoms with van der Waals surface area (Å²) >= 11 is 14.0. The van der Waals surface area contributed by atoms with Gasteiger partial charge >= 0.3 is 0 Å². The first kappa shape index (κ1) is 11.4. The fourth-order valence-electron chi connectivity index (χ4n) is 1.69. The van der Waals surface area contributed by atoms with Crippen molar-refractivity contribution in [2.45, 2.75) is 5.88 Å². The highest BCUT2D eigenvalue weighted by molar-refractivity contribution is 7.99. The second-order valence-electron chi connectivity index (χ2n) is 3.52. The molecule has 1 heterocycles. The molecule has 0 aromatic heterocycles. The Hall–Kier alpha value is -0.0500. The Morgan fingerprint density at radius 1 is 1.27 bits per heavy atom. The van der Waals surface area contributed by atoms with Crippen LogP contribution in [0.4, 0.5) is 5.69 Å². The highest BCUT2D eigenvalue weighted by Crippen LogP contribution is 2.29. The first-order valence-corrected chi connectivity index (χ1v) is 7.05. The summed E-state index contributed by atoms with van der Waals surface area (Å²) in [5.74, 6) is 2.90. The Kier molecular flexibility index (Phi) is 4.06. The lowest BCUT2D eigenvalue weighted by Crippen LogP contribution is -2.32. The van der Waals surface area contributed by atoms with Crippen LogP contribution in [0.15, 0.2) is 18.2 Å². The lowest BCUT2D eigenvalue weighted by Gasteiger charge is -2.29. The van der Waals surface area contributed by atoms with Gasteiger partial charge in [-0.05, 0) is 17.7 Å². The van der Waals surface area contributed by atoms with Gasteiger partial charge in [0.1, 0.15) is 0 Å². The van der Waals surface area contributed by atoms with Crippen LogP contribution < -0.4 is 4.90 Å². The molecule has 0 amide bonds. The highest BCUT2D eigenvalue weighted by Gasteiger charge is 2.13. The van der Waals surface area contributed by atoms with E-state index in [0.717, 1.165) is 29.4 Å². The normalized spacial score (nSPS) is 16.8. The van der Waals surface area contributed by atoms with E-state index in [4.69, 9.17) is 23.2 Å². The molecule has 0 unspecified atom stereocenters. The van der Waals surface area contributed by atoms with Crippen molar-refractivity contribution >= 4 is 40.7 Å². The predicted octanol–water partition coefficient (Wildman–Crippen LogP) is 3.63. The predicted molar refractivity (Wildman–Crippen MR) is 70.5 cm³/mol. The molecule has 1 saturated heterocycles. The Morgan fingerprint density at radius 3 is 2.60 bits per heavy atom. The molecule has 1 nitrogen and oxygen atoms in total. The molecule has 0 saturated carbocycles. The zero-order valence-corrected chi connectivity index (χ0v) is 10.7. The minimum absolute atomic E-state index is 0.524. The Morgan fingerprint density at radius 2 is 2.00 bits per heavy atom. The Balaban J connectivity index is 2.19. The van der Waals surface area contributed by atoms with Gasteiger partial charge in [-0.2, -0.15) is 11.8 Å². The lowest BCUT2D eigenvalue weighted by atomic mass is 10.2. The van der Waals surface area contributed by atoms with E-state index in [1.807, 2.05) is 17.8 Å². The second kappa shape index (κ2) is 5.33. The maximum absolute atomic E-state index is 6.23. The molecule has 15 heavy (non-hydrogen) atoms. The maximum atomic E-state index is 6.23. The molecule has 2 rings (SSSR count). The quantitative estimate of drug-likeness (QED) is 0.749. The van der Waals surface area contributed by atoms with Crippen LogP contribution in [0.3, 0.4) is 0 Å². The van der Waals surface area contributed by atoms with Gasteiger partial charge < -0.3 is 4.90 Å². The van der Waals surface area contributed by atoms with Gasteiger partial charge in [0.2, 0.25) is 0 Å². The molecule has 0 N–H and O–H groups in total. The third-order valence-corrected chi connectivity index (χ3v) is 4.07. The van der Waals surface area contributed by atoms with Crippen molar-refractivity contribution in [1.82, 2.24) is 0 Å². The summed E-state index contributed by atoms with van der Waals surface area (Å²) in [7, 11) is 0. The van der Waals surface area contributed by atoms with Crippen molar-refractivity contribution in [3.8, 4) is 0 Å². The van der Waals surface area contributed by atoms with Gasteiger partial charge in [0.25, 0.3) is 0 Å². The largest absolute Gasteiger partial charge is 0.369 e. The van der Waals surface area contributed by atoms with E-state index in [-0.39, 0.29) is 0 Å². The minimum Gasteiger partial charge on any atom is -0.369 e. The molecule has 1 aliphatic rings. The van der Waals surface area contributed by atoms with Crippen molar-refractivity contribution in [2.24, 2.45) is 0 Å². The SMILES string of the molecule is ClCc1ccc(N2CCSCC2)c(Cl)c1. The number of thioether (sulfide) groups is 1. The molecule has 82 valence electrons. The van der Waals surface area contributed by atoms with Gasteiger partial charge in [0.15, 0.2) is 0 Å². The van der Waals surface area contributed by atoms with Crippen molar-refractivity contribution in [1.29, 1.82) is 0 Å². The fourth-order valence-corrected chi connectivity index (χ4v) is 3.09. The molecule has 1 aromatic carbocycles. The number of halogens is 2. The standard InChI is InChI=1S/C11H13Cl2NS/c12-8-9-1-2-11(10(13)7-9)14-3-5-15-6-4-14/h1-2,7H,3-6,8H2. The lowest BCUT2D eigenvalue weighted by molar-refractivity contribution is 0.858. The van der Waals surface area contributed by atoms with E-state index in [1.54, 1.807) is 0 Å². The van der Waals surface area contributed by atoms with E-state index in [0.29, 0.717) is 5.88 Å². The summed E-state index contributed by atoms with van der Waals surface area (Å²) in [5.41, 5.74) is 2.22. The molecular formula is C11H13Cl2NS. The van der Waals surface area contributed by atoms with Crippen molar-refractivity contribution in [3.05, 3.63) is 28.8 Å². The van der Waals surface area contributed by atoms with Crippen LogP contribution in [-0.4, -0.2) is 24.6 Å². The topological polar surface area (TPSA) is 3.24 Å². The number of anilines is 1. The van der Waals surface area contributed by atoms with Gasteiger partial charge in [-0.15, -0.1) is 11.6 Å². The summed E-state index contributed by atoms with van der Waals surface area (Å²) in [6.45, 7) is 2.18. The summed E-state index contributed by atoms with van der Waals surface area (Å²) in [6.07, 6.45) is 0. The monoisotopic (exact) mass is 261 g/mol. The molecule has 0 bridgehead atoms.